The molecule has 24 heavy (non-hydrogen) atoms. The zero-order valence-electron chi connectivity index (χ0n) is 12.9. The molecule has 1 aliphatic rings. The summed E-state index contributed by atoms with van der Waals surface area (Å²) in [5.74, 6) is -0.276. The van der Waals surface area contributed by atoms with Gasteiger partial charge in [-0.2, -0.15) is 0 Å². The highest BCUT2D eigenvalue weighted by Crippen LogP contribution is 2.30. The summed E-state index contributed by atoms with van der Waals surface area (Å²) < 4.78 is 6.18. The maximum absolute atomic E-state index is 12.6. The summed E-state index contributed by atoms with van der Waals surface area (Å²) in [7, 11) is 0. The van der Waals surface area contributed by atoms with Crippen molar-refractivity contribution in [1.82, 2.24) is 0 Å². The molecule has 126 valence electrons. The lowest BCUT2D eigenvalue weighted by Gasteiger charge is -2.30. The molecule has 1 fully saturated rings. The summed E-state index contributed by atoms with van der Waals surface area (Å²) in [6.45, 7) is 2.86. The van der Waals surface area contributed by atoms with Crippen LogP contribution in [0.5, 0.6) is 0 Å². The largest absolute Gasteiger partial charge is 0.399 e. The van der Waals surface area contributed by atoms with Crippen molar-refractivity contribution in [1.29, 1.82) is 0 Å². The second kappa shape index (κ2) is 7.42. The molecule has 0 spiro atoms. The summed E-state index contributed by atoms with van der Waals surface area (Å²) in [4.78, 5) is 14.8. The van der Waals surface area contributed by atoms with Gasteiger partial charge in [-0.05, 0) is 36.4 Å². The number of anilines is 3. The molecular weight excluding hydrogens is 394 g/mol. The predicted molar refractivity (Wildman–Crippen MR) is 101 cm³/mol. The Labute approximate surface area is 153 Å². The van der Waals surface area contributed by atoms with Gasteiger partial charge in [-0.1, -0.05) is 27.5 Å². The van der Waals surface area contributed by atoms with E-state index in [-0.39, 0.29) is 5.91 Å². The van der Waals surface area contributed by atoms with E-state index in [4.69, 9.17) is 22.1 Å². The summed E-state index contributed by atoms with van der Waals surface area (Å²) in [5.41, 5.74) is 8.48. The van der Waals surface area contributed by atoms with Gasteiger partial charge in [0.15, 0.2) is 0 Å². The normalized spacial score (nSPS) is 14.5. The molecule has 0 atom stereocenters. The van der Waals surface area contributed by atoms with Crippen molar-refractivity contribution in [3.8, 4) is 0 Å². The Balaban J connectivity index is 1.89. The van der Waals surface area contributed by atoms with Gasteiger partial charge in [0.05, 0.1) is 35.2 Å². The van der Waals surface area contributed by atoms with Gasteiger partial charge in [0.1, 0.15) is 0 Å². The average Bonchev–Trinajstić information content (AvgIpc) is 2.58. The smallest absolute Gasteiger partial charge is 0.257 e. The topological polar surface area (TPSA) is 67.6 Å². The Morgan fingerprint density at radius 2 is 1.96 bits per heavy atom. The third-order valence-electron chi connectivity index (χ3n) is 3.79. The number of morpholine rings is 1. The van der Waals surface area contributed by atoms with Crippen LogP contribution in [0.1, 0.15) is 10.4 Å². The fourth-order valence-corrected chi connectivity index (χ4v) is 3.16. The highest BCUT2D eigenvalue weighted by molar-refractivity contribution is 9.10. The number of nitrogens with two attached hydrogens (primary N) is 1. The first-order chi connectivity index (χ1) is 11.5. The van der Waals surface area contributed by atoms with Gasteiger partial charge >= 0.3 is 0 Å². The minimum absolute atomic E-state index is 0.276. The molecular formula is C17H17BrClN3O2. The van der Waals surface area contributed by atoms with Gasteiger partial charge in [0.25, 0.3) is 5.91 Å². The average molecular weight is 411 g/mol. The summed E-state index contributed by atoms with van der Waals surface area (Å²) in [6.07, 6.45) is 0. The Kier molecular flexibility index (Phi) is 5.28. The molecule has 0 aromatic heterocycles. The van der Waals surface area contributed by atoms with Crippen LogP contribution in [0, 0.1) is 0 Å². The monoisotopic (exact) mass is 409 g/mol. The first-order valence-corrected chi connectivity index (χ1v) is 8.70. The molecule has 1 amide bonds. The molecule has 2 aromatic rings. The van der Waals surface area contributed by atoms with E-state index in [1.54, 1.807) is 24.3 Å². The highest BCUT2D eigenvalue weighted by Gasteiger charge is 2.18. The van der Waals surface area contributed by atoms with E-state index in [1.165, 1.54) is 0 Å². The number of benzene rings is 2. The van der Waals surface area contributed by atoms with Crippen molar-refractivity contribution in [2.75, 3.05) is 42.3 Å². The predicted octanol–water partition coefficient (Wildman–Crippen LogP) is 3.77. The quantitative estimate of drug-likeness (QED) is 0.756. The number of ether oxygens (including phenoxy) is 1. The molecule has 0 saturated carbocycles. The number of nitrogens with one attached hydrogen (secondary N) is 1. The summed E-state index contributed by atoms with van der Waals surface area (Å²) >= 11 is 9.50. The van der Waals surface area contributed by atoms with Crippen molar-refractivity contribution in [2.45, 2.75) is 0 Å². The molecule has 0 unspecified atom stereocenters. The van der Waals surface area contributed by atoms with E-state index >= 15 is 0 Å². The fourth-order valence-electron chi connectivity index (χ4n) is 2.59. The van der Waals surface area contributed by atoms with Crippen molar-refractivity contribution < 1.29 is 9.53 Å². The van der Waals surface area contributed by atoms with Crippen LogP contribution in [-0.4, -0.2) is 32.2 Å². The third kappa shape index (κ3) is 3.83. The lowest BCUT2D eigenvalue weighted by Crippen LogP contribution is -2.36. The zero-order chi connectivity index (χ0) is 17.1. The molecule has 3 rings (SSSR count). The Bertz CT molecular complexity index is 763. The summed E-state index contributed by atoms with van der Waals surface area (Å²) in [6, 6.07) is 10.7. The molecule has 0 bridgehead atoms. The fraction of sp³-hybridized carbons (Fsp3) is 0.235. The second-order valence-electron chi connectivity index (χ2n) is 5.45. The lowest BCUT2D eigenvalue weighted by atomic mass is 10.1. The van der Waals surface area contributed by atoms with Gasteiger partial charge in [-0.3, -0.25) is 4.79 Å². The number of carbonyl (C=O) groups excluding carboxylic acids is 1. The zero-order valence-corrected chi connectivity index (χ0v) is 15.2. The molecule has 0 radical (unpaired) electrons. The maximum atomic E-state index is 12.6. The van der Waals surface area contributed by atoms with Gasteiger partial charge in [-0.25, -0.2) is 0 Å². The summed E-state index contributed by atoms with van der Waals surface area (Å²) in [5, 5.41) is 3.32. The molecule has 1 aliphatic heterocycles. The maximum Gasteiger partial charge on any atom is 0.257 e. The van der Waals surface area contributed by atoms with Crippen LogP contribution in [0.3, 0.4) is 0 Å². The van der Waals surface area contributed by atoms with Crippen LogP contribution in [0.4, 0.5) is 17.1 Å². The Morgan fingerprint density at radius 1 is 1.21 bits per heavy atom. The van der Waals surface area contributed by atoms with Crippen molar-refractivity contribution in [3.05, 3.63) is 51.5 Å². The first kappa shape index (κ1) is 17.1. The molecule has 5 nitrogen and oxygen atoms in total. The van der Waals surface area contributed by atoms with E-state index in [0.717, 1.165) is 23.2 Å². The van der Waals surface area contributed by atoms with Crippen LogP contribution in [0.2, 0.25) is 5.02 Å². The number of halogens is 2. The SMILES string of the molecule is Nc1ccc(N2CCOCC2)c(NC(=O)c2cc(Br)ccc2Cl)c1. The molecule has 7 heteroatoms. The number of rotatable bonds is 3. The van der Waals surface area contributed by atoms with Gasteiger partial charge in [0, 0.05) is 23.2 Å². The molecule has 0 aliphatic carbocycles. The molecule has 1 heterocycles. The number of hydrogen-bond acceptors (Lipinski definition) is 4. The van der Waals surface area contributed by atoms with Crippen LogP contribution >= 0.6 is 27.5 Å². The van der Waals surface area contributed by atoms with Gasteiger partial charge in [-0.15, -0.1) is 0 Å². The second-order valence-corrected chi connectivity index (χ2v) is 6.78. The van der Waals surface area contributed by atoms with E-state index in [9.17, 15) is 4.79 Å². The number of amides is 1. The van der Waals surface area contributed by atoms with Crippen LogP contribution < -0.4 is 16.0 Å². The van der Waals surface area contributed by atoms with E-state index < -0.39 is 0 Å². The minimum Gasteiger partial charge on any atom is -0.399 e. The third-order valence-corrected chi connectivity index (χ3v) is 4.62. The Morgan fingerprint density at radius 3 is 2.71 bits per heavy atom. The molecule has 2 aromatic carbocycles. The highest BCUT2D eigenvalue weighted by atomic mass is 79.9. The number of nitrogen functional groups attached to an aromatic ring is 1. The van der Waals surface area contributed by atoms with Crippen LogP contribution in [0.25, 0.3) is 0 Å². The minimum atomic E-state index is -0.276. The van der Waals surface area contributed by atoms with Crippen molar-refractivity contribution in [3.63, 3.8) is 0 Å². The van der Waals surface area contributed by atoms with Crippen molar-refractivity contribution >= 4 is 50.5 Å². The number of nitrogens with zero attached hydrogens (tertiary/aromatic N) is 1. The molecule has 1 saturated heterocycles. The van der Waals surface area contributed by atoms with E-state index in [1.807, 2.05) is 12.1 Å². The number of hydrogen-bond donors (Lipinski definition) is 2. The Hall–Kier alpha value is -1.76. The number of carbonyl (C=O) groups is 1. The van der Waals surface area contributed by atoms with E-state index in [0.29, 0.717) is 35.2 Å². The van der Waals surface area contributed by atoms with E-state index in [2.05, 4.69) is 26.1 Å². The lowest BCUT2D eigenvalue weighted by molar-refractivity contribution is 0.102. The van der Waals surface area contributed by atoms with Gasteiger partial charge < -0.3 is 20.7 Å². The standard InChI is InChI=1S/C17H17BrClN3O2/c18-11-1-3-14(19)13(9-11)17(23)21-15-10-12(20)2-4-16(15)22-5-7-24-8-6-22/h1-4,9-10H,5-8,20H2,(H,21,23). The van der Waals surface area contributed by atoms with Gasteiger partial charge in [0.2, 0.25) is 0 Å². The molecule has 3 N–H and O–H groups in total. The van der Waals surface area contributed by atoms with Crippen molar-refractivity contribution in [2.24, 2.45) is 0 Å². The van der Waals surface area contributed by atoms with Crippen LogP contribution in [0.15, 0.2) is 40.9 Å². The first-order valence-electron chi connectivity index (χ1n) is 7.53. The van der Waals surface area contributed by atoms with Crippen LogP contribution in [-0.2, 0) is 4.74 Å².